The van der Waals surface area contributed by atoms with Crippen molar-refractivity contribution >= 4 is 54.8 Å². The van der Waals surface area contributed by atoms with Crippen molar-refractivity contribution in [2.45, 2.75) is 5.38 Å². The number of benzene rings is 1. The van der Waals surface area contributed by atoms with Gasteiger partial charge in [-0.1, -0.05) is 6.07 Å². The van der Waals surface area contributed by atoms with Crippen molar-refractivity contribution in [3.05, 3.63) is 54.6 Å². The van der Waals surface area contributed by atoms with Gasteiger partial charge in [0.15, 0.2) is 0 Å². The third-order valence-electron chi connectivity index (χ3n) is 2.21. The molecule has 0 amide bonds. The number of hydrogen-bond acceptors (Lipinski definition) is 1. The monoisotopic (exact) mass is 400 g/mol. The highest BCUT2D eigenvalue weighted by atomic mass is 79.9. The molecule has 0 nitrogen and oxygen atoms in total. The highest BCUT2D eigenvalue weighted by Gasteiger charge is 2.23. The Kier molecular flexibility index (Phi) is 4.23. The summed E-state index contributed by atoms with van der Waals surface area (Å²) in [5, 5.41) is -0.854. The van der Waals surface area contributed by atoms with Crippen LogP contribution < -0.4 is 0 Å². The van der Waals surface area contributed by atoms with Crippen LogP contribution in [0.25, 0.3) is 0 Å². The first-order valence-corrected chi connectivity index (χ1v) is 7.37. The van der Waals surface area contributed by atoms with E-state index in [2.05, 4.69) is 31.9 Å². The number of alkyl halides is 1. The normalized spacial score (nSPS) is 12.8. The number of halogens is 5. The zero-order chi connectivity index (χ0) is 12.6. The fourth-order valence-corrected chi connectivity index (χ4v) is 4.91. The molecule has 0 aliphatic rings. The van der Waals surface area contributed by atoms with Crippen LogP contribution in [-0.2, 0) is 0 Å². The first-order chi connectivity index (χ1) is 8.00. The molecule has 0 saturated heterocycles. The Morgan fingerprint density at radius 2 is 1.76 bits per heavy atom. The third-order valence-corrected chi connectivity index (χ3v) is 5.05. The van der Waals surface area contributed by atoms with E-state index in [-0.39, 0.29) is 5.56 Å². The van der Waals surface area contributed by atoms with Gasteiger partial charge in [-0.2, -0.15) is 0 Å². The van der Waals surface area contributed by atoms with E-state index >= 15 is 0 Å². The fraction of sp³-hybridized carbons (Fsp3) is 0.0909. The Labute approximate surface area is 123 Å². The van der Waals surface area contributed by atoms with Crippen LogP contribution in [0.4, 0.5) is 8.78 Å². The van der Waals surface area contributed by atoms with E-state index in [4.69, 9.17) is 11.6 Å². The lowest BCUT2D eigenvalue weighted by molar-refractivity contribution is 0.559. The van der Waals surface area contributed by atoms with Crippen LogP contribution in [0.3, 0.4) is 0 Å². The lowest BCUT2D eigenvalue weighted by Crippen LogP contribution is -2.00. The molecule has 1 heterocycles. The second-order valence-corrected chi connectivity index (χ2v) is 7.46. The quantitative estimate of drug-likeness (QED) is 0.551. The van der Waals surface area contributed by atoms with Crippen LogP contribution in [0.2, 0.25) is 0 Å². The summed E-state index contributed by atoms with van der Waals surface area (Å²) in [7, 11) is 0. The summed E-state index contributed by atoms with van der Waals surface area (Å²) >= 11 is 14.2. The van der Waals surface area contributed by atoms with Gasteiger partial charge in [-0.3, -0.25) is 0 Å². The molecule has 0 aliphatic heterocycles. The van der Waals surface area contributed by atoms with Crippen molar-refractivity contribution in [2.24, 2.45) is 0 Å². The molecule has 1 unspecified atom stereocenters. The summed E-state index contributed by atoms with van der Waals surface area (Å²) in [5.41, 5.74) is 0.521. The number of rotatable bonds is 2. The Balaban J connectivity index is 2.51. The second-order valence-electron chi connectivity index (χ2n) is 3.28. The summed E-state index contributed by atoms with van der Waals surface area (Å²) in [6.07, 6.45) is 0. The van der Waals surface area contributed by atoms with Gasteiger partial charge in [-0.05, 0) is 50.1 Å². The van der Waals surface area contributed by atoms with Gasteiger partial charge >= 0.3 is 0 Å². The summed E-state index contributed by atoms with van der Waals surface area (Å²) in [6, 6.07) is 5.46. The molecule has 2 aromatic rings. The van der Waals surface area contributed by atoms with E-state index in [1.807, 2.05) is 0 Å². The average molecular weight is 402 g/mol. The van der Waals surface area contributed by atoms with Gasteiger partial charge < -0.3 is 0 Å². The van der Waals surface area contributed by atoms with Crippen molar-refractivity contribution in [1.82, 2.24) is 0 Å². The smallest absolute Gasteiger partial charge is 0.131 e. The van der Waals surface area contributed by atoms with Gasteiger partial charge in [-0.25, -0.2) is 8.78 Å². The zero-order valence-corrected chi connectivity index (χ0v) is 12.9. The molecule has 17 heavy (non-hydrogen) atoms. The molecule has 0 bridgehead atoms. The average Bonchev–Trinajstić information content (AvgIpc) is 2.57. The van der Waals surface area contributed by atoms with Crippen molar-refractivity contribution in [3.63, 3.8) is 0 Å². The molecule has 0 saturated carbocycles. The van der Waals surface area contributed by atoms with Crippen LogP contribution in [0.1, 0.15) is 16.5 Å². The minimum Gasteiger partial charge on any atom is -0.207 e. The molecule has 90 valence electrons. The van der Waals surface area contributed by atoms with E-state index < -0.39 is 17.0 Å². The van der Waals surface area contributed by atoms with Crippen LogP contribution in [0.15, 0.2) is 31.8 Å². The SMILES string of the molecule is Fc1cccc(F)c1C(Cl)c1cc(Br)sc1Br. The van der Waals surface area contributed by atoms with E-state index in [1.54, 1.807) is 6.07 Å². The van der Waals surface area contributed by atoms with Crippen molar-refractivity contribution in [2.75, 3.05) is 0 Å². The predicted molar refractivity (Wildman–Crippen MR) is 73.8 cm³/mol. The molecule has 0 radical (unpaired) electrons. The van der Waals surface area contributed by atoms with Crippen molar-refractivity contribution in [1.29, 1.82) is 0 Å². The van der Waals surface area contributed by atoms with Gasteiger partial charge in [-0.15, -0.1) is 22.9 Å². The molecule has 0 fully saturated rings. The number of hydrogen-bond donors (Lipinski definition) is 0. The van der Waals surface area contributed by atoms with Crippen LogP contribution in [0, 0.1) is 11.6 Å². The number of thiophene rings is 1. The highest BCUT2D eigenvalue weighted by Crippen LogP contribution is 2.42. The van der Waals surface area contributed by atoms with Gasteiger partial charge in [0.1, 0.15) is 11.6 Å². The Morgan fingerprint density at radius 1 is 1.18 bits per heavy atom. The predicted octanol–water partition coefficient (Wildman–Crippen LogP) is 5.88. The highest BCUT2D eigenvalue weighted by molar-refractivity contribution is 9.12. The molecule has 0 N–H and O–H groups in total. The van der Waals surface area contributed by atoms with Gasteiger partial charge in [0.2, 0.25) is 0 Å². The van der Waals surface area contributed by atoms with E-state index in [0.29, 0.717) is 5.56 Å². The molecule has 6 heteroatoms. The molecule has 1 aromatic heterocycles. The molecule has 0 spiro atoms. The van der Waals surface area contributed by atoms with Crippen LogP contribution >= 0.6 is 54.8 Å². The maximum Gasteiger partial charge on any atom is 0.131 e. The molecule has 2 rings (SSSR count). The van der Waals surface area contributed by atoms with E-state index in [0.717, 1.165) is 7.57 Å². The standard InChI is InChI=1S/C11H5Br2ClF2S/c12-8-4-5(11(13)17-8)10(14)9-6(15)2-1-3-7(9)16/h1-4,10H. The molecule has 1 atom stereocenters. The van der Waals surface area contributed by atoms with Gasteiger partial charge in [0, 0.05) is 11.1 Å². The molecule has 0 aliphatic carbocycles. The van der Waals surface area contributed by atoms with Crippen LogP contribution in [-0.4, -0.2) is 0 Å². The fourth-order valence-electron chi connectivity index (χ4n) is 1.43. The second kappa shape index (κ2) is 5.34. The van der Waals surface area contributed by atoms with E-state index in [1.165, 1.54) is 29.5 Å². The Hall–Kier alpha value is 0.0300. The Morgan fingerprint density at radius 3 is 2.24 bits per heavy atom. The maximum atomic E-state index is 13.6. The third kappa shape index (κ3) is 2.72. The van der Waals surface area contributed by atoms with Crippen molar-refractivity contribution < 1.29 is 8.78 Å². The van der Waals surface area contributed by atoms with Gasteiger partial charge in [0.25, 0.3) is 0 Å². The van der Waals surface area contributed by atoms with Crippen molar-refractivity contribution in [3.8, 4) is 0 Å². The summed E-state index contributed by atoms with van der Waals surface area (Å²) in [6.45, 7) is 0. The topological polar surface area (TPSA) is 0 Å². The first-order valence-electron chi connectivity index (χ1n) is 4.53. The summed E-state index contributed by atoms with van der Waals surface area (Å²) in [5.74, 6) is -1.28. The zero-order valence-electron chi connectivity index (χ0n) is 8.18. The molecule has 1 aromatic carbocycles. The van der Waals surface area contributed by atoms with Crippen LogP contribution in [0.5, 0.6) is 0 Å². The largest absolute Gasteiger partial charge is 0.207 e. The van der Waals surface area contributed by atoms with Gasteiger partial charge in [0.05, 0.1) is 12.9 Å². The minimum atomic E-state index is -0.854. The first kappa shape index (κ1) is 13.5. The molecular formula is C11H5Br2ClF2S. The minimum absolute atomic E-state index is 0.125. The summed E-state index contributed by atoms with van der Waals surface area (Å²) in [4.78, 5) is 0. The van der Waals surface area contributed by atoms with E-state index in [9.17, 15) is 8.78 Å². The maximum absolute atomic E-state index is 13.6. The lowest BCUT2D eigenvalue weighted by Gasteiger charge is -2.11. The summed E-state index contributed by atoms with van der Waals surface area (Å²) < 4.78 is 28.8. The molecular weight excluding hydrogens is 397 g/mol. The Bertz CT molecular complexity index is 536. The lowest BCUT2D eigenvalue weighted by atomic mass is 10.1.